The molecule has 1 atom stereocenters. The standard InChI is InChI=1S/C12H13N3O3S/c1-6(2)10(12(17)18)13-11(16)7-3-4-8-9(5-7)15-19-14-8/h3-6,10H,1-2H3,(H,13,16)(H,17,18). The fourth-order valence-electron chi connectivity index (χ4n) is 1.66. The molecule has 19 heavy (non-hydrogen) atoms. The van der Waals surface area contributed by atoms with Gasteiger partial charge in [0.1, 0.15) is 17.4 Å². The molecule has 1 aliphatic rings. The molecule has 7 heteroatoms. The van der Waals surface area contributed by atoms with Gasteiger partial charge in [-0.15, -0.1) is 0 Å². The van der Waals surface area contributed by atoms with Crippen molar-refractivity contribution in [3.05, 3.63) is 23.8 Å². The molecule has 0 saturated heterocycles. The van der Waals surface area contributed by atoms with E-state index < -0.39 is 17.9 Å². The average molecular weight is 279 g/mol. The van der Waals surface area contributed by atoms with Gasteiger partial charge in [-0.3, -0.25) is 4.79 Å². The Hall–Kier alpha value is -2.02. The number of carbonyl (C=O) groups is 2. The summed E-state index contributed by atoms with van der Waals surface area (Å²) in [7, 11) is 0. The van der Waals surface area contributed by atoms with Gasteiger partial charge in [0.25, 0.3) is 5.91 Å². The Morgan fingerprint density at radius 3 is 2.58 bits per heavy atom. The van der Waals surface area contributed by atoms with Gasteiger partial charge in [0.2, 0.25) is 0 Å². The summed E-state index contributed by atoms with van der Waals surface area (Å²) in [6.45, 7) is 3.49. The van der Waals surface area contributed by atoms with E-state index in [9.17, 15) is 9.59 Å². The second kappa shape index (κ2) is 5.31. The number of benzene rings is 1. The van der Waals surface area contributed by atoms with E-state index in [0.29, 0.717) is 11.3 Å². The minimum Gasteiger partial charge on any atom is -0.480 e. The van der Waals surface area contributed by atoms with Gasteiger partial charge in [-0.25, -0.2) is 4.79 Å². The Morgan fingerprint density at radius 2 is 1.95 bits per heavy atom. The van der Waals surface area contributed by atoms with Gasteiger partial charge in [0.05, 0.1) is 11.4 Å². The number of nitrogens with zero attached hydrogens (tertiary/aromatic N) is 2. The number of fused-ring (bicyclic) bond motifs is 1. The van der Waals surface area contributed by atoms with Crippen LogP contribution in [0.4, 0.5) is 11.4 Å². The van der Waals surface area contributed by atoms with Crippen LogP contribution >= 0.6 is 0 Å². The normalized spacial score (nSPS) is 13.8. The third kappa shape index (κ3) is 2.87. The van der Waals surface area contributed by atoms with Crippen LogP contribution in [0.5, 0.6) is 0 Å². The molecule has 1 heterocycles. The number of rotatable bonds is 4. The minimum absolute atomic E-state index is 0.189. The summed E-state index contributed by atoms with van der Waals surface area (Å²) in [5, 5.41) is 11.5. The van der Waals surface area contributed by atoms with Crippen LogP contribution in [0.25, 0.3) is 0 Å². The first kappa shape index (κ1) is 13.4. The number of hydrogen-bond acceptors (Lipinski definition) is 4. The quantitative estimate of drug-likeness (QED) is 0.899. The molecule has 100 valence electrons. The van der Waals surface area contributed by atoms with Crippen molar-refractivity contribution < 1.29 is 14.7 Å². The summed E-state index contributed by atoms with van der Waals surface area (Å²) >= 11 is 1.07. The van der Waals surface area contributed by atoms with Gasteiger partial charge >= 0.3 is 5.97 Å². The van der Waals surface area contributed by atoms with Crippen molar-refractivity contribution in [1.29, 1.82) is 0 Å². The van der Waals surface area contributed by atoms with Crippen molar-refractivity contribution in [1.82, 2.24) is 5.32 Å². The molecule has 0 bridgehead atoms. The van der Waals surface area contributed by atoms with Crippen LogP contribution in [-0.2, 0) is 16.1 Å². The zero-order chi connectivity index (χ0) is 14.0. The highest BCUT2D eigenvalue weighted by molar-refractivity contribution is 7.58. The minimum atomic E-state index is -1.04. The molecule has 0 fully saturated rings. The first-order valence-corrected chi connectivity index (χ1v) is 6.48. The maximum absolute atomic E-state index is 12.0. The summed E-state index contributed by atoms with van der Waals surface area (Å²) < 4.78 is 8.09. The molecule has 1 unspecified atom stereocenters. The van der Waals surface area contributed by atoms with Gasteiger partial charge in [-0.2, -0.15) is 8.73 Å². The second-order valence-corrected chi connectivity index (χ2v) is 5.03. The monoisotopic (exact) mass is 279 g/mol. The molecular formula is C12H13N3O3S. The van der Waals surface area contributed by atoms with Crippen LogP contribution < -0.4 is 5.32 Å². The van der Waals surface area contributed by atoms with Crippen molar-refractivity contribution in [3.63, 3.8) is 0 Å². The van der Waals surface area contributed by atoms with Gasteiger partial charge < -0.3 is 10.4 Å². The summed E-state index contributed by atoms with van der Waals surface area (Å²) in [4.78, 5) is 23.1. The number of hydrogen-bond donors (Lipinski definition) is 2. The topological polar surface area (TPSA) is 91.1 Å². The molecule has 2 N–H and O–H groups in total. The molecule has 6 nitrogen and oxygen atoms in total. The number of nitrogens with one attached hydrogen (secondary N) is 1. The van der Waals surface area contributed by atoms with Gasteiger partial charge in [0.15, 0.2) is 0 Å². The van der Waals surface area contributed by atoms with Crippen LogP contribution in [0, 0.1) is 5.92 Å². The second-order valence-electron chi connectivity index (χ2n) is 4.50. The van der Waals surface area contributed by atoms with Crippen molar-refractivity contribution >= 4 is 34.6 Å². The lowest BCUT2D eigenvalue weighted by Crippen LogP contribution is -2.44. The fraction of sp³-hybridized carbons (Fsp3) is 0.333. The van der Waals surface area contributed by atoms with Gasteiger partial charge in [-0.1, -0.05) is 13.8 Å². The average Bonchev–Trinajstić information content (AvgIpc) is 2.81. The summed E-state index contributed by atoms with van der Waals surface area (Å²) in [6.07, 6.45) is 0. The van der Waals surface area contributed by atoms with E-state index in [1.807, 2.05) is 0 Å². The van der Waals surface area contributed by atoms with E-state index in [-0.39, 0.29) is 5.92 Å². The van der Waals surface area contributed by atoms with E-state index in [1.54, 1.807) is 32.0 Å². The van der Waals surface area contributed by atoms with Crippen molar-refractivity contribution in [2.75, 3.05) is 0 Å². The SMILES string of the molecule is CC(C)C(NC(=O)c1ccc2c(c1)N=S=N2)C(=O)O. The fourth-order valence-corrected chi connectivity index (χ4v) is 2.18. The Morgan fingerprint density at radius 1 is 1.26 bits per heavy atom. The third-order valence-electron chi connectivity index (χ3n) is 2.74. The van der Waals surface area contributed by atoms with Gasteiger partial charge in [0, 0.05) is 5.56 Å². The predicted octanol–water partition coefficient (Wildman–Crippen LogP) is 2.25. The van der Waals surface area contributed by atoms with Crippen molar-refractivity contribution in [2.45, 2.75) is 19.9 Å². The molecule has 1 aliphatic heterocycles. The molecule has 0 aromatic heterocycles. The Balaban J connectivity index is 2.16. The van der Waals surface area contributed by atoms with Crippen LogP contribution in [0.1, 0.15) is 24.2 Å². The van der Waals surface area contributed by atoms with Crippen LogP contribution in [0.15, 0.2) is 26.9 Å². The lowest BCUT2D eigenvalue weighted by molar-refractivity contribution is -0.140. The highest BCUT2D eigenvalue weighted by Gasteiger charge is 2.24. The molecule has 0 radical (unpaired) electrons. The number of aliphatic carboxylic acids is 1. The molecule has 2 rings (SSSR count). The molecule has 1 aromatic carbocycles. The molecule has 0 saturated carbocycles. The van der Waals surface area contributed by atoms with E-state index in [4.69, 9.17) is 5.11 Å². The first-order valence-electron chi connectivity index (χ1n) is 5.75. The van der Waals surface area contributed by atoms with E-state index in [2.05, 4.69) is 14.0 Å². The Labute approximate surface area is 113 Å². The number of amides is 1. The maximum Gasteiger partial charge on any atom is 0.326 e. The molecule has 1 aromatic rings. The van der Waals surface area contributed by atoms with Crippen LogP contribution in [0.2, 0.25) is 0 Å². The zero-order valence-electron chi connectivity index (χ0n) is 10.5. The molecule has 0 spiro atoms. The van der Waals surface area contributed by atoms with E-state index in [0.717, 1.165) is 17.0 Å². The lowest BCUT2D eigenvalue weighted by Gasteiger charge is -2.17. The van der Waals surface area contributed by atoms with Crippen molar-refractivity contribution in [2.24, 2.45) is 14.6 Å². The summed E-state index contributed by atoms with van der Waals surface area (Å²) in [5.74, 6) is -1.65. The smallest absolute Gasteiger partial charge is 0.326 e. The number of carbonyl (C=O) groups excluding carboxylic acids is 1. The van der Waals surface area contributed by atoms with Crippen molar-refractivity contribution in [3.8, 4) is 0 Å². The molecule has 1 amide bonds. The number of carboxylic acids is 1. The maximum atomic E-state index is 12.0. The predicted molar refractivity (Wildman–Crippen MR) is 71.7 cm³/mol. The van der Waals surface area contributed by atoms with Crippen LogP contribution in [-0.4, -0.2) is 23.0 Å². The molecule has 0 aliphatic carbocycles. The number of carboxylic acid groups (broad SMARTS) is 1. The summed E-state index contributed by atoms with van der Waals surface area (Å²) in [6, 6.07) is 4.00. The third-order valence-corrected chi connectivity index (χ3v) is 3.29. The van der Waals surface area contributed by atoms with E-state index in [1.165, 1.54) is 0 Å². The Bertz CT molecular complexity index is 606. The Kier molecular flexibility index (Phi) is 3.75. The largest absolute Gasteiger partial charge is 0.480 e. The highest BCUT2D eigenvalue weighted by Crippen LogP contribution is 2.31. The summed E-state index contributed by atoms with van der Waals surface area (Å²) in [5.41, 5.74) is 1.74. The lowest BCUT2D eigenvalue weighted by atomic mass is 10.0. The zero-order valence-corrected chi connectivity index (χ0v) is 11.3. The highest BCUT2D eigenvalue weighted by atomic mass is 32.1. The molecular weight excluding hydrogens is 266 g/mol. The van der Waals surface area contributed by atoms with E-state index >= 15 is 0 Å². The van der Waals surface area contributed by atoms with Gasteiger partial charge in [-0.05, 0) is 24.1 Å². The van der Waals surface area contributed by atoms with Crippen LogP contribution in [0.3, 0.4) is 0 Å². The first-order chi connectivity index (χ1) is 8.99.